The number of hydrogen-bond acceptors (Lipinski definition) is 4. The third-order valence-electron chi connectivity index (χ3n) is 1.93. The average molecular weight is 249 g/mol. The molecule has 6 nitrogen and oxygen atoms in total. The summed E-state index contributed by atoms with van der Waals surface area (Å²) in [4.78, 5) is 23.2. The average Bonchev–Trinajstić information content (AvgIpc) is 2.23. The van der Waals surface area contributed by atoms with Crippen LogP contribution in [0.4, 0.5) is 0 Å². The minimum atomic E-state index is -1.07. The predicted molar refractivity (Wildman–Crippen MR) is 63.7 cm³/mol. The number of nitrogens with zero attached hydrogens (tertiary/aromatic N) is 1. The highest BCUT2D eigenvalue weighted by Crippen LogP contribution is 2.06. The van der Waals surface area contributed by atoms with Gasteiger partial charge in [0.1, 0.15) is 6.04 Å². The van der Waals surface area contributed by atoms with Gasteiger partial charge in [0.05, 0.1) is 0 Å². The summed E-state index contributed by atoms with van der Waals surface area (Å²) in [6.45, 7) is 3.38. The Morgan fingerprint density at radius 3 is 2.06 bits per heavy atom. The van der Waals surface area contributed by atoms with Crippen molar-refractivity contribution < 1.29 is 24.5 Å². The van der Waals surface area contributed by atoms with Crippen LogP contribution in [-0.4, -0.2) is 60.4 Å². The number of aliphatic hydroxyl groups excluding tert-OH is 1. The summed E-state index contributed by atoms with van der Waals surface area (Å²) in [5, 5.41) is 17.5. The van der Waals surface area contributed by atoms with E-state index in [1.807, 2.05) is 6.92 Å². The monoisotopic (exact) mass is 249 g/mol. The number of rotatable bonds is 6. The summed E-state index contributed by atoms with van der Waals surface area (Å²) in [5.74, 6) is -1.34. The Balaban J connectivity index is 0. The first-order valence-electron chi connectivity index (χ1n) is 5.47. The fourth-order valence-corrected chi connectivity index (χ4v) is 1.31. The zero-order valence-corrected chi connectivity index (χ0v) is 11.0. The second-order valence-corrected chi connectivity index (χ2v) is 3.49. The van der Waals surface area contributed by atoms with Gasteiger partial charge in [-0.05, 0) is 6.42 Å². The van der Waals surface area contributed by atoms with Crippen molar-refractivity contribution in [1.29, 1.82) is 0 Å². The van der Waals surface area contributed by atoms with Crippen LogP contribution in [0.1, 0.15) is 26.7 Å². The summed E-state index contributed by atoms with van der Waals surface area (Å²) in [5.41, 5.74) is 0. The van der Waals surface area contributed by atoms with E-state index in [0.717, 1.165) is 0 Å². The molecule has 0 aliphatic heterocycles. The summed E-state index contributed by atoms with van der Waals surface area (Å²) < 4.78 is 4.25. The summed E-state index contributed by atoms with van der Waals surface area (Å²) in [7, 11) is 3.25. The third-order valence-corrected chi connectivity index (χ3v) is 1.93. The molecule has 0 spiro atoms. The molecule has 1 atom stereocenters. The van der Waals surface area contributed by atoms with Gasteiger partial charge in [-0.3, -0.25) is 4.79 Å². The van der Waals surface area contributed by atoms with Crippen LogP contribution in [0.25, 0.3) is 0 Å². The zero-order valence-electron chi connectivity index (χ0n) is 11.0. The lowest BCUT2D eigenvalue weighted by Crippen LogP contribution is -2.45. The Morgan fingerprint density at radius 1 is 1.35 bits per heavy atom. The van der Waals surface area contributed by atoms with E-state index in [1.54, 1.807) is 14.2 Å². The van der Waals surface area contributed by atoms with Gasteiger partial charge in [-0.15, -0.1) is 0 Å². The van der Waals surface area contributed by atoms with Crippen molar-refractivity contribution >= 4 is 11.9 Å². The number of carboxylic acids is 1. The molecule has 0 saturated carbocycles. The molecule has 6 heteroatoms. The van der Waals surface area contributed by atoms with Gasteiger partial charge in [0, 0.05) is 40.7 Å². The fraction of sp³-hybridized carbons (Fsp3) is 0.818. The molecule has 2 N–H and O–H groups in total. The maximum absolute atomic E-state index is 11.1. The van der Waals surface area contributed by atoms with E-state index in [0.29, 0.717) is 13.0 Å². The van der Waals surface area contributed by atoms with E-state index in [1.165, 1.54) is 11.8 Å². The number of carbonyl (C=O) groups excluding carboxylic acids is 1. The van der Waals surface area contributed by atoms with Gasteiger partial charge in [0.15, 0.2) is 0 Å². The number of amides is 1. The van der Waals surface area contributed by atoms with Crippen LogP contribution in [0.5, 0.6) is 0 Å². The van der Waals surface area contributed by atoms with E-state index in [2.05, 4.69) is 4.74 Å². The molecular weight excluding hydrogens is 226 g/mol. The maximum atomic E-state index is 11.1. The van der Waals surface area contributed by atoms with Crippen LogP contribution in [0.15, 0.2) is 0 Å². The lowest BCUT2D eigenvalue weighted by Gasteiger charge is -2.26. The zero-order chi connectivity index (χ0) is 13.8. The molecule has 0 bridgehead atoms. The molecule has 0 aliphatic carbocycles. The lowest BCUT2D eigenvalue weighted by atomic mass is 10.1. The van der Waals surface area contributed by atoms with E-state index in [4.69, 9.17) is 10.2 Å². The molecule has 0 rings (SSSR count). The maximum Gasteiger partial charge on any atom is 0.326 e. The lowest BCUT2D eigenvalue weighted by molar-refractivity contribution is -0.150. The van der Waals surface area contributed by atoms with Gasteiger partial charge in [-0.1, -0.05) is 6.92 Å². The largest absolute Gasteiger partial charge is 0.480 e. The Morgan fingerprint density at radius 2 is 1.82 bits per heavy atom. The van der Waals surface area contributed by atoms with E-state index in [-0.39, 0.29) is 18.9 Å². The summed E-state index contributed by atoms with van der Waals surface area (Å²) in [6.07, 6.45) is 0.781. The highest BCUT2D eigenvalue weighted by atomic mass is 16.4. The van der Waals surface area contributed by atoms with Crippen LogP contribution in [-0.2, 0) is 14.3 Å². The molecule has 0 fully saturated rings. The highest BCUT2D eigenvalue weighted by Gasteiger charge is 2.26. The Kier molecular flexibility index (Phi) is 12.2. The smallest absolute Gasteiger partial charge is 0.326 e. The molecule has 0 radical (unpaired) electrons. The Bertz CT molecular complexity index is 198. The first-order chi connectivity index (χ1) is 7.95. The van der Waals surface area contributed by atoms with Gasteiger partial charge in [0.25, 0.3) is 0 Å². The van der Waals surface area contributed by atoms with Crippen molar-refractivity contribution in [2.75, 3.05) is 27.4 Å². The van der Waals surface area contributed by atoms with Crippen molar-refractivity contribution in [2.45, 2.75) is 32.7 Å². The first kappa shape index (κ1) is 18.2. The molecule has 0 aliphatic rings. The van der Waals surface area contributed by atoms with Crippen molar-refractivity contribution in [3.8, 4) is 0 Å². The van der Waals surface area contributed by atoms with Crippen LogP contribution < -0.4 is 0 Å². The number of aliphatic hydroxyl groups is 1. The predicted octanol–water partition coefficient (Wildman–Crippen LogP) is 0.343. The fourth-order valence-electron chi connectivity index (χ4n) is 1.31. The van der Waals surface area contributed by atoms with Crippen molar-refractivity contribution in [2.24, 2.45) is 0 Å². The van der Waals surface area contributed by atoms with Gasteiger partial charge >= 0.3 is 5.97 Å². The molecule has 0 aromatic rings. The molecule has 1 amide bonds. The van der Waals surface area contributed by atoms with Crippen molar-refractivity contribution in [1.82, 2.24) is 4.90 Å². The van der Waals surface area contributed by atoms with Gasteiger partial charge in [-0.2, -0.15) is 0 Å². The first-order valence-corrected chi connectivity index (χ1v) is 5.47. The van der Waals surface area contributed by atoms with Crippen LogP contribution >= 0.6 is 0 Å². The molecule has 0 aromatic heterocycles. The minimum Gasteiger partial charge on any atom is -0.480 e. The third kappa shape index (κ3) is 8.65. The van der Waals surface area contributed by atoms with Crippen molar-refractivity contribution in [3.63, 3.8) is 0 Å². The van der Waals surface area contributed by atoms with E-state index >= 15 is 0 Å². The SMILES string of the molecule is CCCN(C(C)=O)C(CCO)C(=O)O.COC. The Hall–Kier alpha value is -1.14. The highest BCUT2D eigenvalue weighted by molar-refractivity contribution is 5.82. The molecule has 0 saturated heterocycles. The standard InChI is InChI=1S/C9H17NO4.C2H6O/c1-3-5-10(7(2)12)8(4-6-11)9(13)14;1-3-2/h8,11H,3-6H2,1-2H3,(H,13,14);1-2H3. The van der Waals surface area contributed by atoms with Crippen molar-refractivity contribution in [3.05, 3.63) is 0 Å². The molecule has 1 unspecified atom stereocenters. The van der Waals surface area contributed by atoms with Gasteiger partial charge in [0.2, 0.25) is 5.91 Å². The quantitative estimate of drug-likeness (QED) is 0.709. The number of ether oxygens (including phenoxy) is 1. The number of carboxylic acid groups (broad SMARTS) is 1. The van der Waals surface area contributed by atoms with Crippen LogP contribution in [0.2, 0.25) is 0 Å². The van der Waals surface area contributed by atoms with Crippen LogP contribution in [0, 0.1) is 0 Å². The molecule has 17 heavy (non-hydrogen) atoms. The number of hydrogen-bond donors (Lipinski definition) is 2. The van der Waals surface area contributed by atoms with Gasteiger partial charge in [-0.25, -0.2) is 4.79 Å². The van der Waals surface area contributed by atoms with E-state index < -0.39 is 12.0 Å². The second kappa shape index (κ2) is 11.3. The molecular formula is C11H23NO5. The number of methoxy groups -OCH3 is 1. The second-order valence-electron chi connectivity index (χ2n) is 3.49. The minimum absolute atomic E-state index is 0.0783. The molecule has 102 valence electrons. The summed E-state index contributed by atoms with van der Waals surface area (Å²) in [6, 6.07) is -0.905. The van der Waals surface area contributed by atoms with E-state index in [9.17, 15) is 9.59 Å². The normalized spacial score (nSPS) is 11.1. The molecule has 0 aromatic carbocycles. The number of carbonyl (C=O) groups is 2. The summed E-state index contributed by atoms with van der Waals surface area (Å²) >= 11 is 0. The molecule has 0 heterocycles. The topological polar surface area (TPSA) is 87.1 Å². The van der Waals surface area contributed by atoms with Crippen LogP contribution in [0.3, 0.4) is 0 Å². The Labute approximate surface area is 102 Å². The number of aliphatic carboxylic acids is 1. The van der Waals surface area contributed by atoms with Gasteiger partial charge < -0.3 is 19.8 Å².